The van der Waals surface area contributed by atoms with Crippen molar-refractivity contribution in [3.63, 3.8) is 0 Å². The zero-order chi connectivity index (χ0) is 14.0. The number of rotatable bonds is 2. The van der Waals surface area contributed by atoms with Gasteiger partial charge in [0.2, 0.25) is 5.91 Å². The molecule has 1 fully saturated rings. The van der Waals surface area contributed by atoms with Gasteiger partial charge in [-0.25, -0.2) is 0 Å². The van der Waals surface area contributed by atoms with Crippen molar-refractivity contribution in [1.82, 2.24) is 4.90 Å². The van der Waals surface area contributed by atoms with Crippen LogP contribution in [0.1, 0.15) is 18.4 Å². The molecular formula is C16H20N2O2. The van der Waals surface area contributed by atoms with Crippen LogP contribution < -0.4 is 5.73 Å². The van der Waals surface area contributed by atoms with E-state index in [2.05, 4.69) is 18.2 Å². The Labute approximate surface area is 119 Å². The van der Waals surface area contributed by atoms with Gasteiger partial charge in [-0.1, -0.05) is 36.4 Å². The summed E-state index contributed by atoms with van der Waals surface area (Å²) in [5.41, 5.74) is 7.89. The van der Waals surface area contributed by atoms with E-state index >= 15 is 0 Å². The average molecular weight is 272 g/mol. The molecule has 1 amide bonds. The van der Waals surface area contributed by atoms with E-state index in [1.165, 1.54) is 11.1 Å². The van der Waals surface area contributed by atoms with Crippen LogP contribution in [0.25, 0.3) is 5.57 Å². The molecule has 4 nitrogen and oxygen atoms in total. The van der Waals surface area contributed by atoms with Crippen LogP contribution in [0.15, 0.2) is 36.4 Å². The van der Waals surface area contributed by atoms with E-state index in [9.17, 15) is 4.79 Å². The molecule has 1 unspecified atom stereocenters. The van der Waals surface area contributed by atoms with Crippen LogP contribution in [0.4, 0.5) is 0 Å². The van der Waals surface area contributed by atoms with E-state index in [-0.39, 0.29) is 5.91 Å². The van der Waals surface area contributed by atoms with Crippen LogP contribution in [0, 0.1) is 0 Å². The monoisotopic (exact) mass is 272 g/mol. The Kier molecular flexibility index (Phi) is 3.59. The smallest absolute Gasteiger partial charge is 0.245 e. The molecule has 0 aliphatic carbocycles. The summed E-state index contributed by atoms with van der Waals surface area (Å²) in [5, 5.41) is 0. The zero-order valence-electron chi connectivity index (χ0n) is 11.5. The fourth-order valence-corrected chi connectivity index (χ4v) is 2.83. The fraction of sp³-hybridized carbons (Fsp3) is 0.438. The lowest BCUT2D eigenvalue weighted by atomic mass is 9.95. The van der Waals surface area contributed by atoms with E-state index in [4.69, 9.17) is 10.5 Å². The Morgan fingerprint density at radius 1 is 1.30 bits per heavy atom. The summed E-state index contributed by atoms with van der Waals surface area (Å²) in [6.45, 7) is 2.30. The minimum absolute atomic E-state index is 0.0263. The van der Waals surface area contributed by atoms with Crippen molar-refractivity contribution in [1.29, 1.82) is 0 Å². The Morgan fingerprint density at radius 2 is 2.10 bits per heavy atom. The summed E-state index contributed by atoms with van der Waals surface area (Å²) < 4.78 is 5.27. The van der Waals surface area contributed by atoms with E-state index < -0.39 is 5.54 Å². The summed E-state index contributed by atoms with van der Waals surface area (Å²) in [6.07, 6.45) is 3.64. The second-order valence-electron chi connectivity index (χ2n) is 5.56. The zero-order valence-corrected chi connectivity index (χ0v) is 11.5. The van der Waals surface area contributed by atoms with Gasteiger partial charge >= 0.3 is 0 Å². The van der Waals surface area contributed by atoms with Crippen molar-refractivity contribution in [3.05, 3.63) is 42.0 Å². The summed E-state index contributed by atoms with van der Waals surface area (Å²) in [4.78, 5) is 14.3. The molecule has 0 spiro atoms. The van der Waals surface area contributed by atoms with Gasteiger partial charge in [0, 0.05) is 19.7 Å². The number of carbonyl (C=O) groups is 1. The largest absolute Gasteiger partial charge is 0.379 e. The molecule has 0 radical (unpaired) electrons. The number of amides is 1. The predicted octanol–water partition coefficient (Wildman–Crippen LogP) is 1.42. The topological polar surface area (TPSA) is 55.6 Å². The molecule has 0 bridgehead atoms. The third kappa shape index (κ3) is 2.49. The summed E-state index contributed by atoms with van der Waals surface area (Å²) >= 11 is 0. The number of nitrogens with two attached hydrogens (primary N) is 1. The van der Waals surface area contributed by atoms with Crippen LogP contribution >= 0.6 is 0 Å². The third-order valence-electron chi connectivity index (χ3n) is 4.12. The summed E-state index contributed by atoms with van der Waals surface area (Å²) in [6, 6.07) is 10.3. The predicted molar refractivity (Wildman–Crippen MR) is 78.0 cm³/mol. The van der Waals surface area contributed by atoms with Crippen molar-refractivity contribution in [2.45, 2.75) is 18.4 Å². The van der Waals surface area contributed by atoms with Crippen molar-refractivity contribution in [3.8, 4) is 0 Å². The van der Waals surface area contributed by atoms with Crippen molar-refractivity contribution in [2.24, 2.45) is 5.73 Å². The highest BCUT2D eigenvalue weighted by molar-refractivity contribution is 5.87. The lowest BCUT2D eigenvalue weighted by Gasteiger charge is -2.32. The molecule has 2 heterocycles. The highest BCUT2D eigenvalue weighted by atomic mass is 16.5. The van der Waals surface area contributed by atoms with Crippen LogP contribution in [0.2, 0.25) is 0 Å². The van der Waals surface area contributed by atoms with Crippen LogP contribution in [0.3, 0.4) is 0 Å². The van der Waals surface area contributed by atoms with E-state index in [0.29, 0.717) is 26.2 Å². The minimum Gasteiger partial charge on any atom is -0.379 e. The normalized spacial score (nSPS) is 26.4. The molecule has 20 heavy (non-hydrogen) atoms. The number of hydrogen-bond donors (Lipinski definition) is 1. The Hall–Kier alpha value is -1.65. The Balaban J connectivity index is 1.69. The standard InChI is InChI=1S/C16H20N2O2/c17-16(8-11-20-12-16)15(19)18-9-6-14(7-10-18)13-4-2-1-3-5-13/h1-6H,7-12,17H2. The molecule has 1 saturated heterocycles. The average Bonchev–Trinajstić information content (AvgIpc) is 2.96. The van der Waals surface area contributed by atoms with Gasteiger partial charge in [0.25, 0.3) is 0 Å². The lowest BCUT2D eigenvalue weighted by molar-refractivity contribution is -0.136. The van der Waals surface area contributed by atoms with E-state index in [0.717, 1.165) is 13.0 Å². The molecule has 1 aromatic rings. The van der Waals surface area contributed by atoms with Gasteiger partial charge in [-0.15, -0.1) is 0 Å². The van der Waals surface area contributed by atoms with Gasteiger partial charge in [0.15, 0.2) is 0 Å². The fourth-order valence-electron chi connectivity index (χ4n) is 2.83. The highest BCUT2D eigenvalue weighted by Crippen LogP contribution is 2.25. The lowest BCUT2D eigenvalue weighted by Crippen LogP contribution is -2.56. The second kappa shape index (κ2) is 5.38. The van der Waals surface area contributed by atoms with Crippen molar-refractivity contribution < 1.29 is 9.53 Å². The molecule has 0 aromatic heterocycles. The molecule has 106 valence electrons. The molecule has 2 aliphatic heterocycles. The molecule has 1 atom stereocenters. The number of nitrogens with zero attached hydrogens (tertiary/aromatic N) is 1. The van der Waals surface area contributed by atoms with Gasteiger partial charge < -0.3 is 15.4 Å². The molecule has 1 aromatic carbocycles. The first-order chi connectivity index (χ1) is 9.69. The number of carbonyl (C=O) groups excluding carboxylic acids is 1. The molecule has 3 rings (SSSR count). The summed E-state index contributed by atoms with van der Waals surface area (Å²) in [7, 11) is 0. The van der Waals surface area contributed by atoms with Gasteiger partial charge in [-0.2, -0.15) is 0 Å². The first-order valence-electron chi connectivity index (χ1n) is 7.09. The summed E-state index contributed by atoms with van der Waals surface area (Å²) in [5.74, 6) is 0.0263. The molecular weight excluding hydrogens is 252 g/mol. The quantitative estimate of drug-likeness (QED) is 0.886. The SMILES string of the molecule is NC1(C(=O)N2CC=C(c3ccccc3)CC2)CCOC1. The number of ether oxygens (including phenoxy) is 1. The molecule has 4 heteroatoms. The number of benzene rings is 1. The first-order valence-corrected chi connectivity index (χ1v) is 7.09. The van der Waals surface area contributed by atoms with Gasteiger partial charge in [0.1, 0.15) is 5.54 Å². The number of hydrogen-bond acceptors (Lipinski definition) is 3. The van der Waals surface area contributed by atoms with Gasteiger partial charge in [-0.3, -0.25) is 4.79 Å². The minimum atomic E-state index is -0.807. The van der Waals surface area contributed by atoms with Crippen molar-refractivity contribution >= 4 is 11.5 Å². The Morgan fingerprint density at radius 3 is 2.70 bits per heavy atom. The maximum absolute atomic E-state index is 12.5. The van der Waals surface area contributed by atoms with Gasteiger partial charge in [0.05, 0.1) is 6.61 Å². The highest BCUT2D eigenvalue weighted by Gasteiger charge is 2.41. The van der Waals surface area contributed by atoms with Crippen LogP contribution in [-0.4, -0.2) is 42.6 Å². The van der Waals surface area contributed by atoms with E-state index in [1.54, 1.807) is 0 Å². The maximum atomic E-state index is 12.5. The second-order valence-corrected chi connectivity index (χ2v) is 5.56. The maximum Gasteiger partial charge on any atom is 0.245 e. The molecule has 0 saturated carbocycles. The molecule has 2 aliphatic rings. The Bertz CT molecular complexity index is 519. The molecule has 2 N–H and O–H groups in total. The van der Waals surface area contributed by atoms with Crippen molar-refractivity contribution in [2.75, 3.05) is 26.3 Å². The first kappa shape index (κ1) is 13.3. The third-order valence-corrected chi connectivity index (χ3v) is 4.12. The van der Waals surface area contributed by atoms with Crippen LogP contribution in [0.5, 0.6) is 0 Å². The van der Waals surface area contributed by atoms with Gasteiger partial charge in [-0.05, 0) is 24.0 Å². The van der Waals surface area contributed by atoms with E-state index in [1.807, 2.05) is 23.1 Å². The van der Waals surface area contributed by atoms with Crippen LogP contribution in [-0.2, 0) is 9.53 Å².